The molecule has 4 nitrogen and oxygen atoms in total. The second kappa shape index (κ2) is 7.43. The van der Waals surface area contributed by atoms with E-state index in [1.807, 2.05) is 25.1 Å². The zero-order valence-electron chi connectivity index (χ0n) is 13.0. The van der Waals surface area contributed by atoms with Crippen molar-refractivity contribution in [1.82, 2.24) is 10.3 Å². The van der Waals surface area contributed by atoms with Crippen LogP contribution in [0.3, 0.4) is 0 Å². The molecule has 114 valence electrons. The third-order valence-corrected chi connectivity index (χ3v) is 4.35. The number of rotatable bonds is 7. The maximum atomic E-state index is 5.63. The molecule has 5 heteroatoms. The summed E-state index contributed by atoms with van der Waals surface area (Å²) in [5, 5.41) is 4.36. The van der Waals surface area contributed by atoms with Gasteiger partial charge in [0.05, 0.1) is 19.4 Å². The number of benzene rings is 1. The van der Waals surface area contributed by atoms with Gasteiger partial charge in [0.2, 0.25) is 0 Å². The van der Waals surface area contributed by atoms with Gasteiger partial charge in [-0.05, 0) is 38.6 Å². The summed E-state index contributed by atoms with van der Waals surface area (Å²) >= 11 is 1.72. The molecule has 0 aliphatic heterocycles. The van der Waals surface area contributed by atoms with Crippen molar-refractivity contribution >= 4 is 11.3 Å². The summed E-state index contributed by atoms with van der Waals surface area (Å²) < 4.78 is 11.0. The molecule has 1 aromatic heterocycles. The molecule has 1 heterocycles. The summed E-state index contributed by atoms with van der Waals surface area (Å²) in [5.41, 5.74) is 2.15. The van der Waals surface area contributed by atoms with E-state index in [1.54, 1.807) is 18.4 Å². The minimum absolute atomic E-state index is 0.613. The maximum Gasteiger partial charge on any atom is 0.161 e. The lowest BCUT2D eigenvalue weighted by Gasteiger charge is -2.10. The van der Waals surface area contributed by atoms with E-state index in [0.717, 1.165) is 40.9 Å². The van der Waals surface area contributed by atoms with Gasteiger partial charge in [-0.25, -0.2) is 4.98 Å². The Hall–Kier alpha value is -1.59. The van der Waals surface area contributed by atoms with Crippen molar-refractivity contribution in [3.05, 3.63) is 28.8 Å². The third-order valence-electron chi connectivity index (χ3n) is 3.14. The lowest BCUT2D eigenvalue weighted by molar-refractivity contribution is 0.311. The average Bonchev–Trinajstić information content (AvgIpc) is 2.86. The van der Waals surface area contributed by atoms with Gasteiger partial charge >= 0.3 is 0 Å². The van der Waals surface area contributed by atoms with Crippen molar-refractivity contribution in [3.63, 3.8) is 0 Å². The van der Waals surface area contributed by atoms with Gasteiger partial charge in [-0.3, -0.25) is 0 Å². The molecule has 0 aliphatic carbocycles. The predicted octanol–water partition coefficient (Wildman–Crippen LogP) is 3.64. The minimum Gasteiger partial charge on any atom is -0.493 e. The molecule has 0 unspecified atom stereocenters. The van der Waals surface area contributed by atoms with Crippen LogP contribution in [0.5, 0.6) is 11.5 Å². The van der Waals surface area contributed by atoms with Crippen LogP contribution in [0, 0.1) is 6.92 Å². The number of nitrogens with zero attached hydrogens (tertiary/aromatic N) is 1. The molecule has 0 spiro atoms. The van der Waals surface area contributed by atoms with Crippen LogP contribution in [0.25, 0.3) is 10.6 Å². The van der Waals surface area contributed by atoms with E-state index in [4.69, 9.17) is 9.47 Å². The Balaban J connectivity index is 2.31. The topological polar surface area (TPSA) is 43.4 Å². The van der Waals surface area contributed by atoms with Crippen LogP contribution in [-0.4, -0.2) is 25.2 Å². The third kappa shape index (κ3) is 3.74. The molecule has 1 aromatic carbocycles. The fraction of sp³-hybridized carbons (Fsp3) is 0.438. The van der Waals surface area contributed by atoms with Gasteiger partial charge in [0, 0.05) is 17.0 Å². The van der Waals surface area contributed by atoms with Crippen molar-refractivity contribution in [2.24, 2.45) is 0 Å². The monoisotopic (exact) mass is 306 g/mol. The first kappa shape index (κ1) is 15.8. The van der Waals surface area contributed by atoms with Gasteiger partial charge in [-0.2, -0.15) is 0 Å². The van der Waals surface area contributed by atoms with Crippen molar-refractivity contribution < 1.29 is 9.47 Å². The second-order valence-electron chi connectivity index (χ2n) is 4.61. The molecule has 0 radical (unpaired) electrons. The highest BCUT2D eigenvalue weighted by atomic mass is 32.1. The van der Waals surface area contributed by atoms with Crippen LogP contribution in [0.4, 0.5) is 0 Å². The summed E-state index contributed by atoms with van der Waals surface area (Å²) in [5.74, 6) is 1.51. The van der Waals surface area contributed by atoms with Crippen molar-refractivity contribution in [1.29, 1.82) is 0 Å². The number of hydrogen-bond acceptors (Lipinski definition) is 5. The first-order chi connectivity index (χ1) is 10.2. The highest BCUT2D eigenvalue weighted by molar-refractivity contribution is 7.15. The zero-order valence-corrected chi connectivity index (χ0v) is 13.8. The van der Waals surface area contributed by atoms with Crippen molar-refractivity contribution in [2.45, 2.75) is 27.3 Å². The standard InChI is InChI=1S/C16H22N2O2S/c1-5-17-10-15-11(3)18-16(21-15)12-7-8-13(19-4)14(9-12)20-6-2/h7-9,17H,5-6,10H2,1-4H3. The van der Waals surface area contributed by atoms with Gasteiger partial charge in [-0.15, -0.1) is 11.3 Å². The molecule has 0 saturated carbocycles. The number of aromatic nitrogens is 1. The van der Waals surface area contributed by atoms with Gasteiger partial charge in [0.25, 0.3) is 0 Å². The zero-order chi connectivity index (χ0) is 15.2. The Kier molecular flexibility index (Phi) is 5.59. The molecule has 2 rings (SSSR count). The maximum absolute atomic E-state index is 5.63. The Bertz CT molecular complexity index is 596. The SMILES string of the molecule is CCNCc1sc(-c2ccc(OC)c(OCC)c2)nc1C. The largest absolute Gasteiger partial charge is 0.493 e. The highest BCUT2D eigenvalue weighted by Gasteiger charge is 2.12. The van der Waals surface area contributed by atoms with Crippen molar-refractivity contribution in [3.8, 4) is 22.1 Å². The van der Waals surface area contributed by atoms with E-state index >= 15 is 0 Å². The molecule has 0 fully saturated rings. The van der Waals surface area contributed by atoms with E-state index in [0.29, 0.717) is 6.61 Å². The van der Waals surface area contributed by atoms with Gasteiger partial charge in [0.15, 0.2) is 11.5 Å². The van der Waals surface area contributed by atoms with Gasteiger partial charge in [-0.1, -0.05) is 6.92 Å². The van der Waals surface area contributed by atoms with E-state index in [-0.39, 0.29) is 0 Å². The van der Waals surface area contributed by atoms with E-state index < -0.39 is 0 Å². The number of ether oxygens (including phenoxy) is 2. The lowest BCUT2D eigenvalue weighted by atomic mass is 10.2. The predicted molar refractivity (Wildman–Crippen MR) is 87.4 cm³/mol. The van der Waals surface area contributed by atoms with Gasteiger partial charge < -0.3 is 14.8 Å². The van der Waals surface area contributed by atoms with E-state index in [2.05, 4.69) is 24.1 Å². The molecule has 0 aliphatic rings. The number of aryl methyl sites for hydroxylation is 1. The molecule has 0 saturated heterocycles. The fourth-order valence-electron chi connectivity index (χ4n) is 2.03. The summed E-state index contributed by atoms with van der Waals surface area (Å²) in [7, 11) is 1.65. The smallest absolute Gasteiger partial charge is 0.161 e. The summed E-state index contributed by atoms with van der Waals surface area (Å²) in [6.07, 6.45) is 0. The summed E-state index contributed by atoms with van der Waals surface area (Å²) in [6.45, 7) is 8.57. The Morgan fingerprint density at radius 3 is 2.71 bits per heavy atom. The van der Waals surface area contributed by atoms with Crippen LogP contribution in [-0.2, 0) is 6.54 Å². The highest BCUT2D eigenvalue weighted by Crippen LogP contribution is 2.35. The van der Waals surface area contributed by atoms with Crippen LogP contribution >= 0.6 is 11.3 Å². The molecule has 0 amide bonds. The first-order valence-corrected chi connectivity index (χ1v) is 7.99. The fourth-order valence-corrected chi connectivity index (χ4v) is 3.06. The molecule has 1 N–H and O–H groups in total. The molecule has 0 atom stereocenters. The second-order valence-corrected chi connectivity index (χ2v) is 5.69. The quantitative estimate of drug-likeness (QED) is 0.848. The lowest BCUT2D eigenvalue weighted by Crippen LogP contribution is -2.11. The summed E-state index contributed by atoms with van der Waals surface area (Å²) in [6, 6.07) is 5.95. The average molecular weight is 306 g/mol. The summed E-state index contributed by atoms with van der Waals surface area (Å²) in [4.78, 5) is 5.95. The number of hydrogen-bond donors (Lipinski definition) is 1. The molecule has 0 bridgehead atoms. The van der Waals surface area contributed by atoms with E-state index in [1.165, 1.54) is 4.88 Å². The Morgan fingerprint density at radius 2 is 2.05 bits per heavy atom. The van der Waals surface area contributed by atoms with Crippen LogP contribution < -0.4 is 14.8 Å². The van der Waals surface area contributed by atoms with Crippen LogP contribution in [0.15, 0.2) is 18.2 Å². The molecule has 21 heavy (non-hydrogen) atoms. The Labute approximate surface area is 130 Å². The molecule has 2 aromatic rings. The molecular weight excluding hydrogens is 284 g/mol. The van der Waals surface area contributed by atoms with Crippen molar-refractivity contribution in [2.75, 3.05) is 20.3 Å². The first-order valence-electron chi connectivity index (χ1n) is 7.17. The van der Waals surface area contributed by atoms with Crippen LogP contribution in [0.1, 0.15) is 24.4 Å². The number of methoxy groups -OCH3 is 1. The Morgan fingerprint density at radius 1 is 1.24 bits per heavy atom. The van der Waals surface area contributed by atoms with Crippen LogP contribution in [0.2, 0.25) is 0 Å². The van der Waals surface area contributed by atoms with Gasteiger partial charge in [0.1, 0.15) is 5.01 Å². The van der Waals surface area contributed by atoms with E-state index in [9.17, 15) is 0 Å². The normalized spacial score (nSPS) is 10.7. The minimum atomic E-state index is 0.613. The number of thiazole rings is 1. The molecular formula is C16H22N2O2S. The number of nitrogens with one attached hydrogen (secondary N) is 1.